The summed E-state index contributed by atoms with van der Waals surface area (Å²) in [7, 11) is 1.81. The van der Waals surface area contributed by atoms with Gasteiger partial charge in [0.2, 0.25) is 5.95 Å². The second kappa shape index (κ2) is 6.57. The van der Waals surface area contributed by atoms with E-state index in [9.17, 15) is 0 Å². The maximum Gasteiger partial charge on any atom is 0.219 e. The van der Waals surface area contributed by atoms with Crippen molar-refractivity contribution in [3.05, 3.63) is 18.2 Å². The number of nitrogen functional groups attached to an aromatic ring is 1. The summed E-state index contributed by atoms with van der Waals surface area (Å²) in [5.41, 5.74) is 7.60. The normalized spacial score (nSPS) is 26.5. The van der Waals surface area contributed by atoms with Gasteiger partial charge in [-0.1, -0.05) is 0 Å². The highest BCUT2D eigenvalue weighted by Gasteiger charge is 2.46. The van der Waals surface area contributed by atoms with E-state index >= 15 is 0 Å². The number of aromatic nitrogens is 6. The third kappa shape index (κ3) is 2.81. The summed E-state index contributed by atoms with van der Waals surface area (Å²) in [5, 5.41) is 0. The predicted octanol–water partition coefficient (Wildman–Crippen LogP) is 1.74. The van der Waals surface area contributed by atoms with Crippen molar-refractivity contribution in [3.8, 4) is 11.4 Å². The topological polar surface area (TPSA) is 117 Å². The van der Waals surface area contributed by atoms with Crippen LogP contribution < -0.4 is 10.6 Å². The average Bonchev–Trinajstić information content (AvgIpc) is 3.46. The molecule has 0 aromatic carbocycles. The van der Waals surface area contributed by atoms with Crippen LogP contribution in [0.15, 0.2) is 12.4 Å². The summed E-state index contributed by atoms with van der Waals surface area (Å²) in [6.07, 6.45) is 5.79. The van der Waals surface area contributed by atoms with Crippen LogP contribution in [0.1, 0.15) is 32.5 Å². The van der Waals surface area contributed by atoms with Gasteiger partial charge in [0.15, 0.2) is 22.8 Å². The second-order valence-electron chi connectivity index (χ2n) is 9.13. The number of hydrogen-bond donors (Lipinski definition) is 1. The molecule has 3 atom stereocenters. The molecule has 0 spiro atoms. The van der Waals surface area contributed by atoms with E-state index in [1.807, 2.05) is 21.0 Å². The molecular formula is C21H26N8O2. The average molecular weight is 422 g/mol. The largest absolute Gasteiger partial charge is 0.381 e. The zero-order valence-corrected chi connectivity index (χ0v) is 17.9. The van der Waals surface area contributed by atoms with Crippen molar-refractivity contribution in [1.82, 2.24) is 29.5 Å². The van der Waals surface area contributed by atoms with Gasteiger partial charge in [0.05, 0.1) is 18.3 Å². The molecule has 0 radical (unpaired) electrons. The highest BCUT2D eigenvalue weighted by molar-refractivity contribution is 5.87. The number of imidazole rings is 1. The molecule has 162 valence electrons. The third-order valence-electron chi connectivity index (χ3n) is 6.87. The zero-order valence-electron chi connectivity index (χ0n) is 17.9. The van der Waals surface area contributed by atoms with Gasteiger partial charge in [-0.2, -0.15) is 0 Å². The first kappa shape index (κ1) is 18.9. The number of anilines is 2. The first-order valence-corrected chi connectivity index (χ1v) is 10.7. The summed E-state index contributed by atoms with van der Waals surface area (Å²) in [5.74, 6) is 3.08. The van der Waals surface area contributed by atoms with Crippen LogP contribution in [0.5, 0.6) is 0 Å². The molecule has 1 aliphatic carbocycles. The molecule has 1 saturated heterocycles. The van der Waals surface area contributed by atoms with E-state index in [-0.39, 0.29) is 5.95 Å². The van der Waals surface area contributed by atoms with E-state index in [1.54, 1.807) is 12.4 Å². The van der Waals surface area contributed by atoms with Gasteiger partial charge in [-0.3, -0.25) is 0 Å². The lowest BCUT2D eigenvalue weighted by atomic mass is 10.1. The SMILES string of the molecule is CO[C@@H]1CC2CC1CN2c1nc(-c2cnc(N)nc2)nc2c1nc1n2CCOC1(C)C. The summed E-state index contributed by atoms with van der Waals surface area (Å²) in [6.45, 7) is 6.34. The van der Waals surface area contributed by atoms with Crippen molar-refractivity contribution in [2.75, 3.05) is 30.9 Å². The number of nitrogens with two attached hydrogens (primary N) is 1. The van der Waals surface area contributed by atoms with Crippen LogP contribution in [0.25, 0.3) is 22.6 Å². The van der Waals surface area contributed by atoms with Gasteiger partial charge >= 0.3 is 0 Å². The summed E-state index contributed by atoms with van der Waals surface area (Å²) >= 11 is 0. The van der Waals surface area contributed by atoms with Crippen LogP contribution >= 0.6 is 0 Å². The van der Waals surface area contributed by atoms with Crippen molar-refractivity contribution in [2.24, 2.45) is 5.92 Å². The fourth-order valence-electron chi connectivity index (χ4n) is 5.35. The summed E-state index contributed by atoms with van der Waals surface area (Å²) < 4.78 is 13.9. The molecule has 2 N–H and O–H groups in total. The Labute approximate surface area is 179 Å². The lowest BCUT2D eigenvalue weighted by Crippen LogP contribution is -2.39. The van der Waals surface area contributed by atoms with Gasteiger partial charge < -0.3 is 24.7 Å². The number of methoxy groups -OCH3 is 1. The van der Waals surface area contributed by atoms with E-state index in [1.165, 1.54) is 0 Å². The van der Waals surface area contributed by atoms with Crippen molar-refractivity contribution < 1.29 is 9.47 Å². The van der Waals surface area contributed by atoms with E-state index in [4.69, 9.17) is 30.2 Å². The van der Waals surface area contributed by atoms with Crippen LogP contribution in [0.2, 0.25) is 0 Å². The van der Waals surface area contributed by atoms with Crippen LogP contribution in [-0.4, -0.2) is 61.9 Å². The first-order chi connectivity index (χ1) is 14.9. The Morgan fingerprint density at radius 1 is 1.16 bits per heavy atom. The number of rotatable bonds is 3. The minimum Gasteiger partial charge on any atom is -0.381 e. The molecule has 2 fully saturated rings. The Morgan fingerprint density at radius 2 is 1.97 bits per heavy atom. The van der Waals surface area contributed by atoms with Crippen LogP contribution in [0.3, 0.4) is 0 Å². The van der Waals surface area contributed by atoms with Crippen molar-refractivity contribution in [2.45, 2.75) is 51.0 Å². The monoisotopic (exact) mass is 422 g/mol. The Morgan fingerprint density at radius 3 is 2.68 bits per heavy atom. The number of hydrogen-bond acceptors (Lipinski definition) is 9. The zero-order chi connectivity index (χ0) is 21.3. The van der Waals surface area contributed by atoms with Crippen molar-refractivity contribution in [1.29, 1.82) is 0 Å². The molecule has 3 aromatic heterocycles. The fraction of sp³-hybridized carbons (Fsp3) is 0.571. The highest BCUT2D eigenvalue weighted by Crippen LogP contribution is 2.44. The summed E-state index contributed by atoms with van der Waals surface area (Å²) in [4.78, 5) is 25.5. The Hall–Kier alpha value is -2.85. The van der Waals surface area contributed by atoms with E-state index in [2.05, 4.69) is 19.4 Å². The second-order valence-corrected chi connectivity index (χ2v) is 9.13. The molecule has 10 heteroatoms. The van der Waals surface area contributed by atoms with E-state index in [0.29, 0.717) is 37.0 Å². The Bertz CT molecular complexity index is 1160. The minimum atomic E-state index is -0.480. The molecule has 0 amide bonds. The van der Waals surface area contributed by atoms with Gasteiger partial charge in [-0.25, -0.2) is 24.9 Å². The van der Waals surface area contributed by atoms with Gasteiger partial charge in [0, 0.05) is 44.6 Å². The lowest BCUT2D eigenvalue weighted by molar-refractivity contribution is -0.0530. The fourth-order valence-corrected chi connectivity index (χ4v) is 5.35. The summed E-state index contributed by atoms with van der Waals surface area (Å²) in [6, 6.07) is 0.395. The molecule has 6 rings (SSSR count). The maximum absolute atomic E-state index is 6.00. The quantitative estimate of drug-likeness (QED) is 0.673. The van der Waals surface area contributed by atoms with Gasteiger partial charge in [-0.05, 0) is 26.7 Å². The van der Waals surface area contributed by atoms with Crippen molar-refractivity contribution in [3.63, 3.8) is 0 Å². The number of nitrogens with zero attached hydrogens (tertiary/aromatic N) is 7. The smallest absolute Gasteiger partial charge is 0.219 e. The van der Waals surface area contributed by atoms with E-state index < -0.39 is 5.60 Å². The van der Waals surface area contributed by atoms with Crippen LogP contribution in [-0.2, 0) is 21.6 Å². The Kier molecular flexibility index (Phi) is 4.00. The third-order valence-corrected chi connectivity index (χ3v) is 6.87. The van der Waals surface area contributed by atoms with Gasteiger partial charge in [0.1, 0.15) is 11.4 Å². The minimum absolute atomic E-state index is 0.230. The number of fused-ring (bicyclic) bond motifs is 5. The first-order valence-electron chi connectivity index (χ1n) is 10.7. The Balaban J connectivity index is 1.54. The molecule has 5 heterocycles. The van der Waals surface area contributed by atoms with Crippen molar-refractivity contribution >= 4 is 22.9 Å². The molecule has 1 saturated carbocycles. The molecule has 2 aliphatic heterocycles. The number of piperidine rings is 1. The van der Waals surface area contributed by atoms with Crippen LogP contribution in [0.4, 0.5) is 11.8 Å². The predicted molar refractivity (Wildman–Crippen MR) is 114 cm³/mol. The molecule has 3 aromatic rings. The molecule has 31 heavy (non-hydrogen) atoms. The van der Waals surface area contributed by atoms with Gasteiger partial charge in [-0.15, -0.1) is 0 Å². The molecule has 2 bridgehead atoms. The standard InChI is InChI=1S/C21H26N8O2/c1-21(2)19-25-15-17(28(19)4-5-31-21)26-16(12-8-23-20(22)24-9-12)27-18(15)29-10-11-6-13(29)7-14(11)30-3/h8-9,11,13-14H,4-7,10H2,1-3H3,(H2,22,23,24)/t11?,13?,14-/m1/s1. The molecule has 10 nitrogen and oxygen atoms in total. The van der Waals surface area contributed by atoms with Crippen LogP contribution in [0, 0.1) is 5.92 Å². The van der Waals surface area contributed by atoms with E-state index in [0.717, 1.165) is 47.8 Å². The molecular weight excluding hydrogens is 396 g/mol. The lowest BCUT2D eigenvalue weighted by Gasteiger charge is -2.32. The number of ether oxygens (including phenoxy) is 2. The maximum atomic E-state index is 6.00. The van der Waals surface area contributed by atoms with Gasteiger partial charge in [0.25, 0.3) is 0 Å². The molecule has 3 aliphatic rings. The molecule has 2 unspecified atom stereocenters. The highest BCUT2D eigenvalue weighted by atomic mass is 16.5.